The molecule has 3 heterocycles. The van der Waals surface area contributed by atoms with Gasteiger partial charge in [-0.1, -0.05) is 41.7 Å². The van der Waals surface area contributed by atoms with Crippen LogP contribution in [-0.4, -0.2) is 26.1 Å². The zero-order chi connectivity index (χ0) is 20.9. The van der Waals surface area contributed by atoms with Gasteiger partial charge in [-0.2, -0.15) is 0 Å². The predicted molar refractivity (Wildman–Crippen MR) is 116 cm³/mol. The van der Waals surface area contributed by atoms with Gasteiger partial charge >= 0.3 is 0 Å². The SMILES string of the molecule is Cc1cc(C(=O)Nc2nnc(-c3ccncc3)s2)cnc1O[C@@H](C)c1ccccc1. The summed E-state index contributed by atoms with van der Waals surface area (Å²) in [4.78, 5) is 20.9. The average molecular weight is 417 g/mol. The molecule has 0 aliphatic rings. The van der Waals surface area contributed by atoms with E-state index in [9.17, 15) is 4.79 Å². The molecule has 0 saturated carbocycles. The highest BCUT2D eigenvalue weighted by atomic mass is 32.1. The lowest BCUT2D eigenvalue weighted by Gasteiger charge is -2.16. The van der Waals surface area contributed by atoms with Gasteiger partial charge < -0.3 is 4.74 Å². The van der Waals surface area contributed by atoms with Gasteiger partial charge in [0, 0.05) is 29.7 Å². The van der Waals surface area contributed by atoms with E-state index in [2.05, 4.69) is 25.5 Å². The van der Waals surface area contributed by atoms with E-state index in [1.807, 2.05) is 56.3 Å². The van der Waals surface area contributed by atoms with E-state index in [1.165, 1.54) is 17.5 Å². The molecule has 1 N–H and O–H groups in total. The van der Waals surface area contributed by atoms with Crippen molar-refractivity contribution in [1.82, 2.24) is 20.2 Å². The Morgan fingerprint density at radius 2 is 1.87 bits per heavy atom. The summed E-state index contributed by atoms with van der Waals surface area (Å²) in [6.07, 6.45) is 4.72. The van der Waals surface area contributed by atoms with Crippen molar-refractivity contribution in [3.63, 3.8) is 0 Å². The van der Waals surface area contributed by atoms with Gasteiger partial charge in [0.15, 0.2) is 0 Å². The first-order chi connectivity index (χ1) is 14.6. The highest BCUT2D eigenvalue weighted by Gasteiger charge is 2.15. The second-order valence-corrected chi connectivity index (χ2v) is 7.60. The van der Waals surface area contributed by atoms with Crippen LogP contribution >= 0.6 is 11.3 Å². The zero-order valence-corrected chi connectivity index (χ0v) is 17.3. The Balaban J connectivity index is 1.44. The number of pyridine rings is 2. The standard InChI is InChI=1S/C22H19N5O2S/c1-14-12-18(13-24-20(14)29-15(2)16-6-4-3-5-7-16)19(28)25-22-27-26-21(30-22)17-8-10-23-11-9-17/h3-13,15H,1-2H3,(H,25,27,28)/t15-/m0/s1. The molecule has 0 radical (unpaired) electrons. The fourth-order valence-corrected chi connectivity index (χ4v) is 3.57. The Morgan fingerprint density at radius 1 is 1.10 bits per heavy atom. The molecule has 0 saturated heterocycles. The summed E-state index contributed by atoms with van der Waals surface area (Å²) in [5.74, 6) is 0.199. The van der Waals surface area contributed by atoms with Crippen molar-refractivity contribution in [3.8, 4) is 16.5 Å². The molecule has 0 unspecified atom stereocenters. The fraction of sp³-hybridized carbons (Fsp3) is 0.136. The maximum atomic E-state index is 12.6. The quantitative estimate of drug-likeness (QED) is 0.489. The highest BCUT2D eigenvalue weighted by molar-refractivity contribution is 7.18. The first-order valence-corrected chi connectivity index (χ1v) is 10.2. The van der Waals surface area contributed by atoms with E-state index in [4.69, 9.17) is 4.74 Å². The molecule has 1 aromatic carbocycles. The van der Waals surface area contributed by atoms with Crippen LogP contribution in [0.1, 0.15) is 34.5 Å². The molecule has 0 spiro atoms. The van der Waals surface area contributed by atoms with Crippen LogP contribution in [0.5, 0.6) is 5.88 Å². The molecule has 1 amide bonds. The summed E-state index contributed by atoms with van der Waals surface area (Å²) in [5, 5.41) is 12.1. The molecule has 3 aromatic heterocycles. The monoisotopic (exact) mass is 417 g/mol. The largest absolute Gasteiger partial charge is 0.470 e. The third kappa shape index (κ3) is 4.49. The summed E-state index contributed by atoms with van der Waals surface area (Å²) in [5.41, 5.74) is 3.16. The number of aryl methyl sites for hydroxylation is 1. The minimum absolute atomic E-state index is 0.148. The first-order valence-electron chi connectivity index (χ1n) is 9.33. The van der Waals surface area contributed by atoms with Crippen LogP contribution in [0.4, 0.5) is 5.13 Å². The normalized spacial score (nSPS) is 11.7. The predicted octanol–water partition coefficient (Wildman–Crippen LogP) is 4.70. The molecule has 7 nitrogen and oxygen atoms in total. The number of carbonyl (C=O) groups is 1. The second-order valence-electron chi connectivity index (χ2n) is 6.62. The van der Waals surface area contributed by atoms with Crippen LogP contribution in [0.3, 0.4) is 0 Å². The number of rotatable bonds is 6. The van der Waals surface area contributed by atoms with E-state index >= 15 is 0 Å². The molecule has 150 valence electrons. The number of nitrogens with zero attached hydrogens (tertiary/aromatic N) is 4. The third-order valence-corrected chi connectivity index (χ3v) is 5.31. The van der Waals surface area contributed by atoms with Crippen LogP contribution in [0, 0.1) is 6.92 Å². The van der Waals surface area contributed by atoms with E-state index in [1.54, 1.807) is 18.5 Å². The number of carbonyl (C=O) groups excluding carboxylic acids is 1. The molecule has 0 fully saturated rings. The van der Waals surface area contributed by atoms with E-state index < -0.39 is 0 Å². The van der Waals surface area contributed by atoms with Crippen LogP contribution in [0.25, 0.3) is 10.6 Å². The Morgan fingerprint density at radius 3 is 2.60 bits per heavy atom. The van der Waals surface area contributed by atoms with Crippen molar-refractivity contribution in [2.75, 3.05) is 5.32 Å². The third-order valence-electron chi connectivity index (χ3n) is 4.42. The first kappa shape index (κ1) is 19.7. The van der Waals surface area contributed by atoms with Gasteiger partial charge in [0.1, 0.15) is 11.1 Å². The number of hydrogen-bond acceptors (Lipinski definition) is 7. The number of hydrogen-bond donors (Lipinski definition) is 1. The average Bonchev–Trinajstić information content (AvgIpc) is 3.24. The van der Waals surface area contributed by atoms with Gasteiger partial charge in [-0.25, -0.2) is 4.98 Å². The summed E-state index contributed by atoms with van der Waals surface area (Å²) in [7, 11) is 0. The van der Waals surface area contributed by atoms with Crippen molar-refractivity contribution in [2.24, 2.45) is 0 Å². The highest BCUT2D eigenvalue weighted by Crippen LogP contribution is 2.27. The van der Waals surface area contributed by atoms with Gasteiger partial charge in [0.25, 0.3) is 5.91 Å². The fourth-order valence-electron chi connectivity index (χ4n) is 2.82. The van der Waals surface area contributed by atoms with Crippen molar-refractivity contribution in [1.29, 1.82) is 0 Å². The minimum atomic E-state index is -0.300. The van der Waals surface area contributed by atoms with Crippen molar-refractivity contribution < 1.29 is 9.53 Å². The smallest absolute Gasteiger partial charge is 0.259 e. The molecular formula is C22H19N5O2S. The maximum absolute atomic E-state index is 12.6. The minimum Gasteiger partial charge on any atom is -0.470 e. The van der Waals surface area contributed by atoms with Gasteiger partial charge in [-0.3, -0.25) is 15.1 Å². The second kappa shape index (κ2) is 8.79. The van der Waals surface area contributed by atoms with Gasteiger partial charge in [0.05, 0.1) is 5.56 Å². The van der Waals surface area contributed by atoms with Gasteiger partial charge in [0.2, 0.25) is 11.0 Å². The Labute approximate surface area is 177 Å². The molecule has 0 bridgehead atoms. The summed E-state index contributed by atoms with van der Waals surface area (Å²) >= 11 is 1.30. The molecule has 0 aliphatic heterocycles. The Kier molecular flexibility index (Phi) is 5.76. The number of nitrogens with one attached hydrogen (secondary N) is 1. The van der Waals surface area contributed by atoms with E-state index in [0.29, 0.717) is 21.6 Å². The molecule has 8 heteroatoms. The van der Waals surface area contributed by atoms with Crippen molar-refractivity contribution in [2.45, 2.75) is 20.0 Å². The topological polar surface area (TPSA) is 89.9 Å². The van der Waals surface area contributed by atoms with Crippen LogP contribution < -0.4 is 10.1 Å². The lowest BCUT2D eigenvalue weighted by Crippen LogP contribution is -2.13. The summed E-state index contributed by atoms with van der Waals surface area (Å²) < 4.78 is 5.97. The Hall–Kier alpha value is -3.65. The molecule has 0 aliphatic carbocycles. The lowest BCUT2D eigenvalue weighted by molar-refractivity contribution is 0.102. The summed E-state index contributed by atoms with van der Waals surface area (Å²) in [6, 6.07) is 15.3. The molecule has 4 rings (SSSR count). The Bertz CT molecular complexity index is 1150. The molecule has 30 heavy (non-hydrogen) atoms. The van der Waals surface area contributed by atoms with Gasteiger partial charge in [-0.15, -0.1) is 10.2 Å². The van der Waals surface area contributed by atoms with Crippen LogP contribution in [0.2, 0.25) is 0 Å². The van der Waals surface area contributed by atoms with Crippen molar-refractivity contribution in [3.05, 3.63) is 83.8 Å². The number of amides is 1. The molecule has 1 atom stereocenters. The van der Waals surface area contributed by atoms with Crippen LogP contribution in [-0.2, 0) is 0 Å². The molecular weight excluding hydrogens is 398 g/mol. The number of anilines is 1. The lowest BCUT2D eigenvalue weighted by atomic mass is 10.1. The van der Waals surface area contributed by atoms with Crippen LogP contribution in [0.15, 0.2) is 67.1 Å². The zero-order valence-electron chi connectivity index (χ0n) is 16.4. The number of benzene rings is 1. The number of ether oxygens (including phenoxy) is 1. The molecule has 4 aromatic rings. The summed E-state index contributed by atoms with van der Waals surface area (Å²) in [6.45, 7) is 3.83. The van der Waals surface area contributed by atoms with Gasteiger partial charge in [-0.05, 0) is 37.6 Å². The van der Waals surface area contributed by atoms with E-state index in [-0.39, 0.29) is 12.0 Å². The van der Waals surface area contributed by atoms with E-state index in [0.717, 1.165) is 16.7 Å². The van der Waals surface area contributed by atoms with Crippen molar-refractivity contribution >= 4 is 22.4 Å². The number of aromatic nitrogens is 4. The maximum Gasteiger partial charge on any atom is 0.259 e.